The van der Waals surface area contributed by atoms with Crippen LogP contribution >= 0.6 is 0 Å². The highest BCUT2D eigenvalue weighted by Gasteiger charge is 2.30. The van der Waals surface area contributed by atoms with Crippen molar-refractivity contribution in [3.63, 3.8) is 0 Å². The Balaban J connectivity index is 1.69. The molecule has 0 radical (unpaired) electrons. The third-order valence-electron chi connectivity index (χ3n) is 4.51. The Bertz CT molecular complexity index is 703. The number of benzene rings is 1. The number of hydrogen-bond donors (Lipinski definition) is 1. The molecular formula is C19H22N2O3. The van der Waals surface area contributed by atoms with Gasteiger partial charge in [0.05, 0.1) is 26.4 Å². The van der Waals surface area contributed by atoms with Gasteiger partial charge in [0, 0.05) is 29.4 Å². The molecule has 3 rings (SSSR count). The molecule has 24 heavy (non-hydrogen) atoms. The minimum atomic E-state index is -0.0818. The van der Waals surface area contributed by atoms with Crippen LogP contribution in [0.4, 0.5) is 0 Å². The van der Waals surface area contributed by atoms with Gasteiger partial charge in [0.25, 0.3) is 5.91 Å². The van der Waals surface area contributed by atoms with Crippen LogP contribution in [0.1, 0.15) is 21.5 Å². The molecule has 126 valence electrons. The van der Waals surface area contributed by atoms with Crippen molar-refractivity contribution in [2.24, 2.45) is 5.92 Å². The van der Waals surface area contributed by atoms with E-state index in [2.05, 4.69) is 10.3 Å². The average Bonchev–Trinajstić information content (AvgIpc) is 3.02. The summed E-state index contributed by atoms with van der Waals surface area (Å²) < 4.78 is 10.9. The molecule has 0 unspecified atom stereocenters. The number of aromatic nitrogens is 1. The lowest BCUT2D eigenvalue weighted by Gasteiger charge is -2.20. The first-order chi connectivity index (χ1) is 11.7. The van der Waals surface area contributed by atoms with Crippen molar-refractivity contribution in [1.82, 2.24) is 10.3 Å². The average molecular weight is 326 g/mol. The lowest BCUT2D eigenvalue weighted by atomic mass is 9.95. The van der Waals surface area contributed by atoms with Crippen molar-refractivity contribution >= 4 is 5.91 Å². The van der Waals surface area contributed by atoms with Crippen LogP contribution in [-0.4, -0.2) is 37.3 Å². The second-order valence-corrected chi connectivity index (χ2v) is 6.07. The predicted octanol–water partition coefficient (Wildman–Crippen LogP) is 2.39. The van der Waals surface area contributed by atoms with Crippen LogP contribution in [0.5, 0.6) is 5.75 Å². The summed E-state index contributed by atoms with van der Waals surface area (Å²) >= 11 is 0. The quantitative estimate of drug-likeness (QED) is 0.916. The van der Waals surface area contributed by atoms with Crippen LogP contribution in [0, 0.1) is 12.8 Å². The van der Waals surface area contributed by atoms with Gasteiger partial charge < -0.3 is 14.8 Å². The van der Waals surface area contributed by atoms with E-state index in [1.807, 2.05) is 37.3 Å². The molecule has 1 saturated heterocycles. The van der Waals surface area contributed by atoms with E-state index in [4.69, 9.17) is 9.47 Å². The summed E-state index contributed by atoms with van der Waals surface area (Å²) in [7, 11) is 1.61. The Hall–Kier alpha value is -2.40. The molecule has 1 aliphatic rings. The van der Waals surface area contributed by atoms with Gasteiger partial charge in [0.1, 0.15) is 5.75 Å². The monoisotopic (exact) mass is 326 g/mol. The zero-order valence-corrected chi connectivity index (χ0v) is 14.0. The van der Waals surface area contributed by atoms with Gasteiger partial charge in [-0.1, -0.05) is 6.07 Å². The predicted molar refractivity (Wildman–Crippen MR) is 91.2 cm³/mol. The number of nitrogens with zero attached hydrogens (tertiary/aromatic N) is 1. The highest BCUT2D eigenvalue weighted by atomic mass is 16.5. The smallest absolute Gasteiger partial charge is 0.251 e. The van der Waals surface area contributed by atoms with E-state index in [0.29, 0.717) is 18.8 Å². The second kappa shape index (κ2) is 7.45. The molecule has 5 heteroatoms. The van der Waals surface area contributed by atoms with E-state index >= 15 is 0 Å². The van der Waals surface area contributed by atoms with Crippen molar-refractivity contribution in [2.45, 2.75) is 19.4 Å². The third kappa shape index (κ3) is 3.57. The summed E-state index contributed by atoms with van der Waals surface area (Å²) in [5.74, 6) is 0.905. The molecule has 2 aromatic rings. The van der Waals surface area contributed by atoms with E-state index < -0.39 is 0 Å². The molecule has 0 spiro atoms. The molecule has 1 N–H and O–H groups in total. The number of hydrogen-bond acceptors (Lipinski definition) is 4. The Morgan fingerprint density at radius 1 is 1.29 bits per heavy atom. The maximum Gasteiger partial charge on any atom is 0.251 e. The Kier molecular flexibility index (Phi) is 5.11. The molecule has 2 atom stereocenters. The first-order valence-electron chi connectivity index (χ1n) is 8.10. The molecule has 0 aliphatic carbocycles. The topological polar surface area (TPSA) is 60.5 Å². The molecule has 1 amide bonds. The van der Waals surface area contributed by atoms with E-state index in [9.17, 15) is 4.79 Å². The van der Waals surface area contributed by atoms with E-state index in [0.717, 1.165) is 17.7 Å². The van der Waals surface area contributed by atoms with Crippen molar-refractivity contribution in [3.05, 3.63) is 59.4 Å². The highest BCUT2D eigenvalue weighted by Crippen LogP contribution is 2.23. The Morgan fingerprint density at radius 3 is 2.83 bits per heavy atom. The number of methoxy groups -OCH3 is 1. The van der Waals surface area contributed by atoms with Gasteiger partial charge >= 0.3 is 0 Å². The van der Waals surface area contributed by atoms with Crippen molar-refractivity contribution < 1.29 is 14.3 Å². The first kappa shape index (κ1) is 16.5. The van der Waals surface area contributed by atoms with Crippen LogP contribution in [0.3, 0.4) is 0 Å². The van der Waals surface area contributed by atoms with Gasteiger partial charge in [-0.05, 0) is 43.2 Å². The van der Waals surface area contributed by atoms with Gasteiger partial charge in [0.15, 0.2) is 0 Å². The van der Waals surface area contributed by atoms with Gasteiger partial charge in [-0.25, -0.2) is 0 Å². The minimum absolute atomic E-state index is 0.0104. The summed E-state index contributed by atoms with van der Waals surface area (Å²) in [4.78, 5) is 16.7. The number of ether oxygens (including phenoxy) is 2. The maximum atomic E-state index is 12.7. The fraction of sp³-hybridized carbons (Fsp3) is 0.368. The van der Waals surface area contributed by atoms with Gasteiger partial charge in [-0.2, -0.15) is 0 Å². The molecule has 0 bridgehead atoms. The zero-order valence-electron chi connectivity index (χ0n) is 14.0. The van der Waals surface area contributed by atoms with Crippen molar-refractivity contribution in [3.8, 4) is 5.75 Å². The number of carbonyl (C=O) groups is 1. The van der Waals surface area contributed by atoms with Crippen molar-refractivity contribution in [2.75, 3.05) is 20.3 Å². The molecule has 5 nitrogen and oxygen atoms in total. The molecule has 1 fully saturated rings. The van der Waals surface area contributed by atoms with Gasteiger partial charge in [-0.3, -0.25) is 9.78 Å². The third-order valence-corrected chi connectivity index (χ3v) is 4.51. The van der Waals surface area contributed by atoms with E-state index in [-0.39, 0.29) is 17.9 Å². The molecular weight excluding hydrogens is 304 g/mol. The molecule has 1 aliphatic heterocycles. The summed E-state index contributed by atoms with van der Waals surface area (Å²) in [6.07, 6.45) is 4.45. The number of nitrogens with one attached hydrogen (secondary N) is 1. The van der Waals surface area contributed by atoms with Crippen LogP contribution in [0.15, 0.2) is 42.7 Å². The summed E-state index contributed by atoms with van der Waals surface area (Å²) in [6, 6.07) is 9.53. The molecule has 1 aromatic carbocycles. The minimum Gasteiger partial charge on any atom is -0.496 e. The number of carbonyl (C=O) groups excluding carboxylic acids is 1. The standard InChI is InChI=1S/C19H22N2O3/c1-13-16(4-3-5-18(13)23-2)19(22)21-17-12-24-11-15(17)10-14-6-8-20-9-7-14/h3-9,15,17H,10-12H2,1-2H3,(H,21,22)/t15-,17-/m1/s1. The number of pyridine rings is 1. The SMILES string of the molecule is COc1cccc(C(=O)N[C@@H]2COC[C@H]2Cc2ccncc2)c1C. The summed E-state index contributed by atoms with van der Waals surface area (Å²) in [5.41, 5.74) is 2.70. The maximum absolute atomic E-state index is 12.7. The lowest BCUT2D eigenvalue weighted by molar-refractivity contribution is 0.0924. The lowest BCUT2D eigenvalue weighted by Crippen LogP contribution is -2.40. The summed E-state index contributed by atoms with van der Waals surface area (Å²) in [6.45, 7) is 3.10. The Morgan fingerprint density at radius 2 is 2.08 bits per heavy atom. The van der Waals surface area contributed by atoms with Gasteiger partial charge in [-0.15, -0.1) is 0 Å². The number of rotatable bonds is 5. The van der Waals surface area contributed by atoms with Crippen LogP contribution in [0.2, 0.25) is 0 Å². The number of amides is 1. The van der Waals surface area contributed by atoms with Crippen LogP contribution in [0.25, 0.3) is 0 Å². The normalized spacial score (nSPS) is 19.9. The van der Waals surface area contributed by atoms with E-state index in [1.54, 1.807) is 19.5 Å². The van der Waals surface area contributed by atoms with E-state index in [1.165, 1.54) is 5.56 Å². The van der Waals surface area contributed by atoms with Crippen LogP contribution < -0.4 is 10.1 Å². The zero-order chi connectivity index (χ0) is 16.9. The fourth-order valence-corrected chi connectivity index (χ4v) is 3.11. The van der Waals surface area contributed by atoms with Crippen LogP contribution in [-0.2, 0) is 11.2 Å². The largest absolute Gasteiger partial charge is 0.496 e. The molecule has 1 aromatic heterocycles. The second-order valence-electron chi connectivity index (χ2n) is 6.07. The van der Waals surface area contributed by atoms with Crippen molar-refractivity contribution in [1.29, 1.82) is 0 Å². The Labute approximate surface area is 142 Å². The molecule has 2 heterocycles. The van der Waals surface area contributed by atoms with Gasteiger partial charge in [0.2, 0.25) is 0 Å². The molecule has 0 saturated carbocycles. The highest BCUT2D eigenvalue weighted by molar-refractivity contribution is 5.96. The first-order valence-corrected chi connectivity index (χ1v) is 8.10. The summed E-state index contributed by atoms with van der Waals surface area (Å²) in [5, 5.41) is 3.12. The fourth-order valence-electron chi connectivity index (χ4n) is 3.11.